The molecule has 0 heterocycles. The summed E-state index contributed by atoms with van der Waals surface area (Å²) < 4.78 is 5.89. The van der Waals surface area contributed by atoms with Gasteiger partial charge in [0.05, 0.1) is 11.7 Å². The summed E-state index contributed by atoms with van der Waals surface area (Å²) in [7, 11) is 0. The number of hydrogen-bond acceptors (Lipinski definition) is 2. The maximum Gasteiger partial charge on any atom is 0.0810 e. The van der Waals surface area contributed by atoms with Crippen molar-refractivity contribution in [2.24, 2.45) is 11.7 Å². The summed E-state index contributed by atoms with van der Waals surface area (Å²) in [6.07, 6.45) is 3.85. The zero-order chi connectivity index (χ0) is 9.19. The molecule has 0 radical (unpaired) electrons. The van der Waals surface area contributed by atoms with E-state index in [1.54, 1.807) is 0 Å². The van der Waals surface area contributed by atoms with Crippen molar-refractivity contribution < 1.29 is 4.74 Å². The van der Waals surface area contributed by atoms with Crippen LogP contribution in [0, 0.1) is 5.92 Å². The van der Waals surface area contributed by atoms with E-state index in [0.29, 0.717) is 12.6 Å². The first kappa shape index (κ1) is 10.0. The number of rotatable bonds is 3. The maximum absolute atomic E-state index is 5.89. The van der Waals surface area contributed by atoms with Crippen LogP contribution in [-0.2, 0) is 4.74 Å². The van der Waals surface area contributed by atoms with E-state index >= 15 is 0 Å². The fourth-order valence-electron chi connectivity index (χ4n) is 2.19. The third-order valence-electron chi connectivity index (χ3n) is 2.67. The smallest absolute Gasteiger partial charge is 0.0810 e. The average molecular weight is 171 g/mol. The molecule has 0 aromatic rings. The van der Waals surface area contributed by atoms with E-state index < -0.39 is 0 Å². The number of ether oxygens (including phenoxy) is 1. The van der Waals surface area contributed by atoms with Gasteiger partial charge in [-0.25, -0.2) is 0 Å². The molecule has 2 atom stereocenters. The van der Waals surface area contributed by atoms with Crippen LogP contribution in [0.2, 0.25) is 0 Å². The molecule has 0 aliphatic heterocycles. The predicted octanol–water partition coefficient (Wildman–Crippen LogP) is 1.93. The second-order valence-electron chi connectivity index (χ2n) is 4.40. The lowest BCUT2D eigenvalue weighted by Gasteiger charge is -2.30. The fourth-order valence-corrected chi connectivity index (χ4v) is 2.19. The number of hydrogen-bond donors (Lipinski definition) is 1. The van der Waals surface area contributed by atoms with Gasteiger partial charge in [-0.3, -0.25) is 0 Å². The van der Waals surface area contributed by atoms with Gasteiger partial charge in [0.2, 0.25) is 0 Å². The van der Waals surface area contributed by atoms with Gasteiger partial charge in [0.15, 0.2) is 0 Å². The van der Waals surface area contributed by atoms with Crippen LogP contribution in [0.5, 0.6) is 0 Å². The third kappa shape index (κ3) is 2.20. The highest BCUT2D eigenvalue weighted by Gasteiger charge is 2.37. The van der Waals surface area contributed by atoms with Crippen molar-refractivity contribution in [1.82, 2.24) is 0 Å². The SMILES string of the molecule is CC1CCC(CN)(OC(C)C)C1. The molecule has 0 aromatic carbocycles. The van der Waals surface area contributed by atoms with Crippen molar-refractivity contribution in [3.8, 4) is 0 Å². The maximum atomic E-state index is 5.89. The Hall–Kier alpha value is -0.0800. The molecule has 1 aliphatic rings. The first-order valence-electron chi connectivity index (χ1n) is 4.96. The molecule has 1 rings (SSSR count). The van der Waals surface area contributed by atoms with Crippen LogP contribution in [0.25, 0.3) is 0 Å². The van der Waals surface area contributed by atoms with Crippen molar-refractivity contribution in [3.63, 3.8) is 0 Å². The van der Waals surface area contributed by atoms with Crippen LogP contribution in [0.15, 0.2) is 0 Å². The molecule has 0 aromatic heterocycles. The molecule has 1 aliphatic carbocycles. The summed E-state index contributed by atoms with van der Waals surface area (Å²) in [4.78, 5) is 0. The standard InChI is InChI=1S/C10H21NO/c1-8(2)12-10(7-11)5-4-9(3)6-10/h8-9H,4-7,11H2,1-3H3. The van der Waals surface area contributed by atoms with Crippen LogP contribution >= 0.6 is 0 Å². The topological polar surface area (TPSA) is 35.2 Å². The van der Waals surface area contributed by atoms with Crippen molar-refractivity contribution in [2.75, 3.05) is 6.54 Å². The minimum atomic E-state index is 0.00752. The lowest BCUT2D eigenvalue weighted by Crippen LogP contribution is -2.40. The Labute approximate surface area is 75.5 Å². The van der Waals surface area contributed by atoms with Crippen LogP contribution in [0.1, 0.15) is 40.0 Å². The normalized spacial score (nSPS) is 36.2. The van der Waals surface area contributed by atoms with Gasteiger partial charge in [0.25, 0.3) is 0 Å². The second-order valence-corrected chi connectivity index (χ2v) is 4.40. The molecule has 2 heteroatoms. The zero-order valence-corrected chi connectivity index (χ0v) is 8.47. The lowest BCUT2D eigenvalue weighted by atomic mass is 10.0. The Balaban J connectivity index is 2.52. The van der Waals surface area contributed by atoms with E-state index in [-0.39, 0.29) is 5.60 Å². The molecule has 2 unspecified atom stereocenters. The summed E-state index contributed by atoms with van der Waals surface area (Å²) in [5, 5.41) is 0. The van der Waals surface area contributed by atoms with Gasteiger partial charge in [-0.2, -0.15) is 0 Å². The highest BCUT2D eigenvalue weighted by molar-refractivity contribution is 4.90. The van der Waals surface area contributed by atoms with Gasteiger partial charge < -0.3 is 10.5 Å². The Bertz CT molecular complexity index is 147. The van der Waals surface area contributed by atoms with Gasteiger partial charge in [-0.05, 0) is 39.0 Å². The Morgan fingerprint density at radius 3 is 2.58 bits per heavy atom. The van der Waals surface area contributed by atoms with Crippen molar-refractivity contribution in [2.45, 2.75) is 51.7 Å². The average Bonchev–Trinajstić information content (AvgIpc) is 2.32. The van der Waals surface area contributed by atoms with Crippen LogP contribution < -0.4 is 5.73 Å². The van der Waals surface area contributed by atoms with Crippen molar-refractivity contribution in [3.05, 3.63) is 0 Å². The summed E-state index contributed by atoms with van der Waals surface area (Å²) in [5.41, 5.74) is 5.76. The molecule has 12 heavy (non-hydrogen) atoms. The third-order valence-corrected chi connectivity index (χ3v) is 2.67. The van der Waals surface area contributed by atoms with Crippen LogP contribution in [0.3, 0.4) is 0 Å². The van der Waals surface area contributed by atoms with Crippen molar-refractivity contribution >= 4 is 0 Å². The number of nitrogens with two attached hydrogens (primary N) is 1. The quantitative estimate of drug-likeness (QED) is 0.704. The minimum Gasteiger partial charge on any atom is -0.371 e. The molecule has 72 valence electrons. The Morgan fingerprint density at radius 1 is 1.58 bits per heavy atom. The second kappa shape index (κ2) is 3.75. The highest BCUT2D eigenvalue weighted by atomic mass is 16.5. The monoisotopic (exact) mass is 171 g/mol. The molecule has 2 nitrogen and oxygen atoms in total. The van der Waals surface area contributed by atoms with Gasteiger partial charge in [0.1, 0.15) is 0 Å². The van der Waals surface area contributed by atoms with Crippen LogP contribution in [0.4, 0.5) is 0 Å². The molecule has 0 spiro atoms. The highest BCUT2D eigenvalue weighted by Crippen LogP contribution is 2.37. The zero-order valence-electron chi connectivity index (χ0n) is 8.47. The van der Waals surface area contributed by atoms with E-state index in [4.69, 9.17) is 10.5 Å². The first-order chi connectivity index (χ1) is 5.58. The largest absolute Gasteiger partial charge is 0.371 e. The summed E-state index contributed by atoms with van der Waals surface area (Å²) in [6, 6.07) is 0. The van der Waals surface area contributed by atoms with E-state index in [1.807, 2.05) is 0 Å². The van der Waals surface area contributed by atoms with Gasteiger partial charge in [0, 0.05) is 6.54 Å². The summed E-state index contributed by atoms with van der Waals surface area (Å²) >= 11 is 0. The summed E-state index contributed by atoms with van der Waals surface area (Å²) in [6.45, 7) is 7.12. The minimum absolute atomic E-state index is 0.00752. The van der Waals surface area contributed by atoms with Gasteiger partial charge >= 0.3 is 0 Å². The molecule has 2 N–H and O–H groups in total. The van der Waals surface area contributed by atoms with E-state index in [9.17, 15) is 0 Å². The Kier molecular flexibility index (Phi) is 3.13. The summed E-state index contributed by atoms with van der Waals surface area (Å²) in [5.74, 6) is 0.785. The van der Waals surface area contributed by atoms with Gasteiger partial charge in [-0.1, -0.05) is 6.92 Å². The lowest BCUT2D eigenvalue weighted by molar-refractivity contribution is -0.0711. The van der Waals surface area contributed by atoms with E-state index in [0.717, 1.165) is 18.8 Å². The van der Waals surface area contributed by atoms with Gasteiger partial charge in [-0.15, -0.1) is 0 Å². The molecule has 1 saturated carbocycles. The fraction of sp³-hybridized carbons (Fsp3) is 1.00. The first-order valence-corrected chi connectivity index (χ1v) is 4.96. The predicted molar refractivity (Wildman–Crippen MR) is 51.0 cm³/mol. The molecule has 1 fully saturated rings. The van der Waals surface area contributed by atoms with Crippen molar-refractivity contribution in [1.29, 1.82) is 0 Å². The molecule has 0 amide bonds. The van der Waals surface area contributed by atoms with E-state index in [1.165, 1.54) is 6.42 Å². The van der Waals surface area contributed by atoms with Crippen LogP contribution in [-0.4, -0.2) is 18.2 Å². The molecule has 0 saturated heterocycles. The van der Waals surface area contributed by atoms with E-state index in [2.05, 4.69) is 20.8 Å². The molecule has 0 bridgehead atoms. The molecular weight excluding hydrogens is 150 g/mol. The Morgan fingerprint density at radius 2 is 2.25 bits per heavy atom. The molecular formula is C10H21NO.